The van der Waals surface area contributed by atoms with Crippen molar-refractivity contribution in [1.82, 2.24) is 4.31 Å². The van der Waals surface area contributed by atoms with Crippen molar-refractivity contribution in [2.75, 3.05) is 12.3 Å². The minimum Gasteiger partial charge on any atom is -0.398 e. The van der Waals surface area contributed by atoms with Crippen molar-refractivity contribution >= 4 is 27.0 Å². The molecule has 1 aromatic heterocycles. The molecule has 0 saturated carbocycles. The minimum atomic E-state index is -3.53. The molecule has 2 heterocycles. The van der Waals surface area contributed by atoms with E-state index in [-0.39, 0.29) is 10.9 Å². The van der Waals surface area contributed by atoms with Crippen molar-refractivity contribution in [3.05, 3.63) is 46.7 Å². The lowest BCUT2D eigenvalue weighted by Crippen LogP contribution is -2.30. The average molecular weight is 308 g/mol. The van der Waals surface area contributed by atoms with Gasteiger partial charge in [0.15, 0.2) is 0 Å². The van der Waals surface area contributed by atoms with Crippen LogP contribution in [0.3, 0.4) is 0 Å². The second kappa shape index (κ2) is 5.20. The average Bonchev–Trinajstić information content (AvgIpc) is 3.10. The molecule has 6 heteroatoms. The zero-order chi connectivity index (χ0) is 14.2. The van der Waals surface area contributed by atoms with Gasteiger partial charge in [-0.05, 0) is 36.4 Å². The summed E-state index contributed by atoms with van der Waals surface area (Å²) in [5, 5.41) is 1.98. The van der Waals surface area contributed by atoms with Gasteiger partial charge < -0.3 is 5.73 Å². The molecule has 0 bridgehead atoms. The van der Waals surface area contributed by atoms with Gasteiger partial charge in [0.05, 0.1) is 11.7 Å². The van der Waals surface area contributed by atoms with Crippen molar-refractivity contribution in [1.29, 1.82) is 0 Å². The van der Waals surface area contributed by atoms with Gasteiger partial charge in [-0.25, -0.2) is 8.42 Å². The molecular formula is C14H16N2O2S2. The Balaban J connectivity index is 2.01. The van der Waals surface area contributed by atoms with Gasteiger partial charge in [-0.3, -0.25) is 0 Å². The van der Waals surface area contributed by atoms with Crippen LogP contribution < -0.4 is 5.73 Å². The summed E-state index contributed by atoms with van der Waals surface area (Å²) < 4.78 is 27.2. The number of nitrogen functional groups attached to an aromatic ring is 1. The third-order valence-corrected chi connectivity index (χ3v) is 6.54. The lowest BCUT2D eigenvalue weighted by Gasteiger charge is -2.23. The summed E-state index contributed by atoms with van der Waals surface area (Å²) >= 11 is 1.60. The summed E-state index contributed by atoms with van der Waals surface area (Å²) in [5.74, 6) is 0. The number of sulfonamides is 1. The maximum atomic E-state index is 12.8. The van der Waals surface area contributed by atoms with Crippen molar-refractivity contribution in [2.45, 2.75) is 23.8 Å². The lowest BCUT2D eigenvalue weighted by molar-refractivity contribution is 0.401. The smallest absolute Gasteiger partial charge is 0.245 e. The normalized spacial score (nSPS) is 20.3. The van der Waals surface area contributed by atoms with Gasteiger partial charge in [0.1, 0.15) is 4.90 Å². The fraction of sp³-hybridized carbons (Fsp3) is 0.286. The standard InChI is InChI=1S/C14H16N2O2S2/c15-11-5-1-2-8-14(11)20(17,18)16-9-3-6-12(16)13-7-4-10-19-13/h1-2,4-5,7-8,10,12H,3,6,9,15H2. The van der Waals surface area contributed by atoms with Crippen LogP contribution in [0.4, 0.5) is 5.69 Å². The summed E-state index contributed by atoms with van der Waals surface area (Å²) in [4.78, 5) is 1.31. The number of hydrogen-bond donors (Lipinski definition) is 1. The number of nitrogens with two attached hydrogens (primary N) is 1. The summed E-state index contributed by atoms with van der Waals surface area (Å²) in [5.41, 5.74) is 6.14. The SMILES string of the molecule is Nc1ccccc1S(=O)(=O)N1CCCC1c1cccs1. The molecule has 1 fully saturated rings. The molecule has 1 aliphatic rings. The topological polar surface area (TPSA) is 63.4 Å². The van der Waals surface area contributed by atoms with Crippen LogP contribution in [0.15, 0.2) is 46.7 Å². The van der Waals surface area contributed by atoms with E-state index in [0.717, 1.165) is 17.7 Å². The molecule has 4 nitrogen and oxygen atoms in total. The summed E-state index contributed by atoms with van der Waals surface area (Å²) in [6, 6.07) is 10.6. The van der Waals surface area contributed by atoms with E-state index in [1.165, 1.54) is 0 Å². The first kappa shape index (κ1) is 13.6. The molecule has 1 atom stereocenters. The van der Waals surface area contributed by atoms with E-state index in [9.17, 15) is 8.42 Å². The number of hydrogen-bond acceptors (Lipinski definition) is 4. The van der Waals surface area contributed by atoms with Gasteiger partial charge >= 0.3 is 0 Å². The number of para-hydroxylation sites is 1. The Kier molecular flexibility index (Phi) is 3.54. The van der Waals surface area contributed by atoms with Gasteiger partial charge in [0.2, 0.25) is 10.0 Å². The van der Waals surface area contributed by atoms with E-state index < -0.39 is 10.0 Å². The number of thiophene rings is 1. The van der Waals surface area contributed by atoms with E-state index in [1.54, 1.807) is 39.9 Å². The van der Waals surface area contributed by atoms with Gasteiger partial charge in [0.25, 0.3) is 0 Å². The van der Waals surface area contributed by atoms with Crippen LogP contribution in [0.5, 0.6) is 0 Å². The van der Waals surface area contributed by atoms with E-state index in [0.29, 0.717) is 12.2 Å². The molecule has 1 aromatic carbocycles. The molecular weight excluding hydrogens is 292 g/mol. The van der Waals surface area contributed by atoms with Crippen LogP contribution in [-0.4, -0.2) is 19.3 Å². The fourth-order valence-electron chi connectivity index (χ4n) is 2.63. The Hall–Kier alpha value is -1.37. The van der Waals surface area contributed by atoms with E-state index >= 15 is 0 Å². The highest BCUT2D eigenvalue weighted by molar-refractivity contribution is 7.89. The molecule has 20 heavy (non-hydrogen) atoms. The highest BCUT2D eigenvalue weighted by Gasteiger charge is 2.37. The molecule has 0 aliphatic carbocycles. The summed E-state index contributed by atoms with van der Waals surface area (Å²) in [6.07, 6.45) is 1.75. The highest BCUT2D eigenvalue weighted by atomic mass is 32.2. The number of anilines is 1. The lowest BCUT2D eigenvalue weighted by atomic mass is 10.2. The number of rotatable bonds is 3. The zero-order valence-corrected chi connectivity index (χ0v) is 12.5. The third-order valence-electron chi connectivity index (χ3n) is 3.58. The maximum absolute atomic E-state index is 12.8. The first-order valence-corrected chi connectivity index (χ1v) is 8.82. The summed E-state index contributed by atoms with van der Waals surface area (Å²) in [6.45, 7) is 0.555. The molecule has 1 aliphatic heterocycles. The number of benzene rings is 1. The van der Waals surface area contributed by atoms with Gasteiger partial charge in [-0.2, -0.15) is 4.31 Å². The van der Waals surface area contributed by atoms with Gasteiger partial charge in [0, 0.05) is 11.4 Å². The van der Waals surface area contributed by atoms with Crippen molar-refractivity contribution in [2.24, 2.45) is 0 Å². The van der Waals surface area contributed by atoms with E-state index in [1.807, 2.05) is 17.5 Å². The van der Waals surface area contributed by atoms with Crippen molar-refractivity contribution in [3.8, 4) is 0 Å². The number of nitrogens with zero attached hydrogens (tertiary/aromatic N) is 1. The van der Waals surface area contributed by atoms with E-state index in [2.05, 4.69) is 0 Å². The molecule has 0 radical (unpaired) electrons. The molecule has 2 N–H and O–H groups in total. The Morgan fingerprint density at radius 2 is 2.00 bits per heavy atom. The molecule has 3 rings (SSSR count). The van der Waals surface area contributed by atoms with Gasteiger partial charge in [-0.1, -0.05) is 18.2 Å². The zero-order valence-electron chi connectivity index (χ0n) is 10.9. The third kappa shape index (κ3) is 2.24. The predicted octanol–water partition coefficient (Wildman–Crippen LogP) is 2.86. The highest BCUT2D eigenvalue weighted by Crippen LogP contribution is 2.39. The predicted molar refractivity (Wildman–Crippen MR) is 81.0 cm³/mol. The largest absolute Gasteiger partial charge is 0.398 e. The Labute approximate surface area is 122 Å². The molecule has 0 amide bonds. The fourth-order valence-corrected chi connectivity index (χ4v) is 5.37. The molecule has 2 aromatic rings. The second-order valence-electron chi connectivity index (χ2n) is 4.83. The van der Waals surface area contributed by atoms with Crippen LogP contribution in [-0.2, 0) is 10.0 Å². The van der Waals surface area contributed by atoms with Crippen molar-refractivity contribution < 1.29 is 8.42 Å². The van der Waals surface area contributed by atoms with Crippen molar-refractivity contribution in [3.63, 3.8) is 0 Å². The Bertz CT molecular complexity index is 696. The molecule has 1 unspecified atom stereocenters. The second-order valence-corrected chi connectivity index (χ2v) is 7.67. The quantitative estimate of drug-likeness (QED) is 0.887. The van der Waals surface area contributed by atoms with Crippen LogP contribution in [0.2, 0.25) is 0 Å². The van der Waals surface area contributed by atoms with Crippen LogP contribution in [0.25, 0.3) is 0 Å². The molecule has 106 valence electrons. The summed E-state index contributed by atoms with van der Waals surface area (Å²) in [7, 11) is -3.53. The minimum absolute atomic E-state index is 0.0559. The molecule has 1 saturated heterocycles. The van der Waals surface area contributed by atoms with Crippen LogP contribution in [0, 0.1) is 0 Å². The van der Waals surface area contributed by atoms with E-state index in [4.69, 9.17) is 5.73 Å². The first-order valence-electron chi connectivity index (χ1n) is 6.50. The maximum Gasteiger partial charge on any atom is 0.245 e. The molecule has 0 spiro atoms. The Morgan fingerprint density at radius 3 is 2.70 bits per heavy atom. The van der Waals surface area contributed by atoms with Crippen LogP contribution in [0.1, 0.15) is 23.8 Å². The Morgan fingerprint density at radius 1 is 1.20 bits per heavy atom. The first-order chi connectivity index (χ1) is 9.60. The monoisotopic (exact) mass is 308 g/mol. The van der Waals surface area contributed by atoms with Crippen LogP contribution >= 0.6 is 11.3 Å². The van der Waals surface area contributed by atoms with Gasteiger partial charge in [-0.15, -0.1) is 11.3 Å².